The molecule has 0 atom stereocenters. The molecule has 1 aromatic rings. The Kier molecular flexibility index (Phi) is 5.44. The van der Waals surface area contributed by atoms with Crippen molar-refractivity contribution in [3.63, 3.8) is 0 Å². The molecule has 0 saturated carbocycles. The zero-order chi connectivity index (χ0) is 14.5. The lowest BCUT2D eigenvalue weighted by Gasteiger charge is -2.34. The van der Waals surface area contributed by atoms with Gasteiger partial charge in [0, 0.05) is 38.4 Å². The fourth-order valence-electron chi connectivity index (χ4n) is 2.64. The molecule has 1 aromatic carbocycles. The number of likely N-dealkylation sites (N-methyl/N-ethyl adjacent to an activating group) is 1. The van der Waals surface area contributed by atoms with Crippen molar-refractivity contribution >= 4 is 5.69 Å². The average molecular weight is 275 g/mol. The Morgan fingerprint density at radius 3 is 2.45 bits per heavy atom. The monoisotopic (exact) mass is 275 g/mol. The van der Waals surface area contributed by atoms with Crippen molar-refractivity contribution in [3.05, 3.63) is 29.3 Å². The first-order valence-electron chi connectivity index (χ1n) is 7.80. The molecule has 0 unspecified atom stereocenters. The van der Waals surface area contributed by atoms with Crippen LogP contribution in [0.1, 0.15) is 25.0 Å². The Hall–Kier alpha value is -1.06. The number of nitrogens with zero attached hydrogens (tertiary/aromatic N) is 2. The van der Waals surface area contributed by atoms with Crippen LogP contribution >= 0.6 is 0 Å². The minimum atomic E-state index is 0.708. The van der Waals surface area contributed by atoms with Crippen LogP contribution in [0.4, 0.5) is 5.69 Å². The molecule has 2 rings (SSSR count). The van der Waals surface area contributed by atoms with Gasteiger partial charge >= 0.3 is 0 Å². The Morgan fingerprint density at radius 2 is 1.85 bits per heavy atom. The van der Waals surface area contributed by atoms with E-state index < -0.39 is 0 Å². The number of hydrogen-bond donors (Lipinski definition) is 1. The average Bonchev–Trinajstić information content (AvgIpc) is 2.41. The highest BCUT2D eigenvalue weighted by Crippen LogP contribution is 2.20. The lowest BCUT2D eigenvalue weighted by atomic mass is 10.1. The van der Waals surface area contributed by atoms with E-state index in [-0.39, 0.29) is 0 Å². The van der Waals surface area contributed by atoms with Crippen molar-refractivity contribution in [1.29, 1.82) is 0 Å². The van der Waals surface area contributed by atoms with Gasteiger partial charge in [-0.05, 0) is 49.7 Å². The van der Waals surface area contributed by atoms with E-state index in [1.807, 2.05) is 0 Å². The van der Waals surface area contributed by atoms with E-state index in [0.717, 1.165) is 39.3 Å². The van der Waals surface area contributed by atoms with Crippen LogP contribution in [0.5, 0.6) is 0 Å². The number of hydrogen-bond acceptors (Lipinski definition) is 3. The van der Waals surface area contributed by atoms with Crippen molar-refractivity contribution in [3.8, 4) is 0 Å². The van der Waals surface area contributed by atoms with Gasteiger partial charge < -0.3 is 15.1 Å². The maximum atomic E-state index is 3.53. The number of benzene rings is 1. The second kappa shape index (κ2) is 7.09. The fraction of sp³-hybridized carbons (Fsp3) is 0.647. The van der Waals surface area contributed by atoms with Crippen LogP contribution in [0.25, 0.3) is 0 Å². The molecule has 0 bridgehead atoms. The van der Waals surface area contributed by atoms with Crippen LogP contribution in [0.2, 0.25) is 0 Å². The van der Waals surface area contributed by atoms with Crippen molar-refractivity contribution in [2.75, 3.05) is 44.7 Å². The molecule has 1 heterocycles. The van der Waals surface area contributed by atoms with Gasteiger partial charge in [0.2, 0.25) is 0 Å². The van der Waals surface area contributed by atoms with E-state index >= 15 is 0 Å². The maximum Gasteiger partial charge on any atom is 0.0369 e. The highest BCUT2D eigenvalue weighted by molar-refractivity contribution is 5.51. The smallest absolute Gasteiger partial charge is 0.0369 e. The molecule has 0 spiro atoms. The van der Waals surface area contributed by atoms with Crippen LogP contribution in [0.3, 0.4) is 0 Å². The van der Waals surface area contributed by atoms with Crippen molar-refractivity contribution in [1.82, 2.24) is 10.2 Å². The van der Waals surface area contributed by atoms with Crippen molar-refractivity contribution in [2.24, 2.45) is 5.92 Å². The molecule has 112 valence electrons. The van der Waals surface area contributed by atoms with Gasteiger partial charge in [-0.3, -0.25) is 0 Å². The van der Waals surface area contributed by atoms with E-state index in [4.69, 9.17) is 0 Å². The van der Waals surface area contributed by atoms with Crippen LogP contribution in [-0.2, 0) is 6.54 Å². The zero-order valence-electron chi connectivity index (χ0n) is 13.4. The molecule has 1 fully saturated rings. The van der Waals surface area contributed by atoms with Gasteiger partial charge in [-0.2, -0.15) is 0 Å². The normalized spacial score (nSPS) is 16.9. The third-order valence-corrected chi connectivity index (χ3v) is 4.06. The molecule has 20 heavy (non-hydrogen) atoms. The summed E-state index contributed by atoms with van der Waals surface area (Å²) >= 11 is 0. The Bertz CT molecular complexity index is 420. The summed E-state index contributed by atoms with van der Waals surface area (Å²) in [5, 5.41) is 3.53. The molecular weight excluding hydrogens is 246 g/mol. The van der Waals surface area contributed by atoms with E-state index in [1.54, 1.807) is 0 Å². The summed E-state index contributed by atoms with van der Waals surface area (Å²) in [5.74, 6) is 0.708. The van der Waals surface area contributed by atoms with Gasteiger partial charge in [0.25, 0.3) is 0 Å². The highest BCUT2D eigenvalue weighted by atomic mass is 15.2. The topological polar surface area (TPSA) is 18.5 Å². The first-order chi connectivity index (χ1) is 9.56. The van der Waals surface area contributed by atoms with Crippen LogP contribution < -0.4 is 10.2 Å². The predicted octanol–water partition coefficient (Wildman–Crippen LogP) is 2.49. The Labute approximate surface area is 124 Å². The van der Waals surface area contributed by atoms with E-state index in [0.29, 0.717) is 5.92 Å². The quantitative estimate of drug-likeness (QED) is 0.891. The van der Waals surface area contributed by atoms with E-state index in [9.17, 15) is 0 Å². The molecule has 0 aromatic heterocycles. The second-order valence-corrected chi connectivity index (χ2v) is 6.43. The third kappa shape index (κ3) is 4.22. The van der Waals surface area contributed by atoms with Crippen molar-refractivity contribution in [2.45, 2.75) is 27.3 Å². The molecule has 3 heteroatoms. The Morgan fingerprint density at radius 1 is 1.15 bits per heavy atom. The fourth-order valence-corrected chi connectivity index (χ4v) is 2.64. The van der Waals surface area contributed by atoms with E-state index in [1.165, 1.54) is 16.8 Å². The van der Waals surface area contributed by atoms with Gasteiger partial charge in [0.05, 0.1) is 0 Å². The summed E-state index contributed by atoms with van der Waals surface area (Å²) in [5.41, 5.74) is 4.20. The first-order valence-corrected chi connectivity index (χ1v) is 7.80. The van der Waals surface area contributed by atoms with Crippen LogP contribution in [0, 0.1) is 12.8 Å². The minimum absolute atomic E-state index is 0.708. The number of aryl methyl sites for hydroxylation is 1. The molecular formula is C17H29N3. The zero-order valence-corrected chi connectivity index (χ0v) is 13.4. The largest absolute Gasteiger partial charge is 0.369 e. The lowest BCUT2D eigenvalue weighted by molar-refractivity contribution is 0.313. The number of nitrogens with one attached hydrogen (secondary N) is 1. The van der Waals surface area contributed by atoms with Gasteiger partial charge in [0.1, 0.15) is 0 Å². The molecule has 0 aliphatic carbocycles. The summed E-state index contributed by atoms with van der Waals surface area (Å²) in [4.78, 5) is 4.89. The maximum absolute atomic E-state index is 3.53. The highest BCUT2D eigenvalue weighted by Gasteiger charge is 2.14. The van der Waals surface area contributed by atoms with Gasteiger partial charge in [-0.15, -0.1) is 0 Å². The van der Waals surface area contributed by atoms with Gasteiger partial charge in [-0.1, -0.05) is 19.9 Å². The SMILES string of the molecule is Cc1cc(N2CCN(C)CC2)ccc1CNCC(C)C. The van der Waals surface area contributed by atoms with E-state index in [2.05, 4.69) is 61.1 Å². The molecule has 1 aliphatic rings. The third-order valence-electron chi connectivity index (χ3n) is 4.06. The molecule has 1 N–H and O–H groups in total. The molecule has 1 saturated heterocycles. The number of anilines is 1. The standard InChI is InChI=1S/C17H29N3/c1-14(2)12-18-13-16-5-6-17(11-15(16)3)20-9-7-19(4)8-10-20/h5-6,11,14,18H,7-10,12-13H2,1-4H3. The van der Waals surface area contributed by atoms with Crippen LogP contribution in [0.15, 0.2) is 18.2 Å². The van der Waals surface area contributed by atoms with Crippen LogP contribution in [-0.4, -0.2) is 44.7 Å². The lowest BCUT2D eigenvalue weighted by Crippen LogP contribution is -2.44. The summed E-state index contributed by atoms with van der Waals surface area (Å²) in [6.45, 7) is 13.4. The minimum Gasteiger partial charge on any atom is -0.369 e. The van der Waals surface area contributed by atoms with Gasteiger partial charge in [-0.25, -0.2) is 0 Å². The molecule has 1 aliphatic heterocycles. The Balaban J connectivity index is 1.95. The number of rotatable bonds is 5. The molecule has 0 amide bonds. The second-order valence-electron chi connectivity index (χ2n) is 6.43. The summed E-state index contributed by atoms with van der Waals surface area (Å²) < 4.78 is 0. The number of piperazine rings is 1. The van der Waals surface area contributed by atoms with Gasteiger partial charge in [0.15, 0.2) is 0 Å². The first kappa shape index (κ1) is 15.3. The summed E-state index contributed by atoms with van der Waals surface area (Å²) in [6.07, 6.45) is 0. The predicted molar refractivity (Wildman–Crippen MR) is 87.4 cm³/mol. The van der Waals surface area contributed by atoms with Crippen molar-refractivity contribution < 1.29 is 0 Å². The summed E-state index contributed by atoms with van der Waals surface area (Å²) in [6, 6.07) is 6.92. The molecule has 0 radical (unpaired) electrons. The molecule has 3 nitrogen and oxygen atoms in total. The summed E-state index contributed by atoms with van der Waals surface area (Å²) in [7, 11) is 2.20.